The largest absolute Gasteiger partial charge is 0.391 e. The Morgan fingerprint density at radius 3 is 2.47 bits per heavy atom. The molecule has 1 aliphatic carbocycles. The van der Waals surface area contributed by atoms with Gasteiger partial charge in [0.2, 0.25) is 5.91 Å². The first-order chi connectivity index (χ1) is 8.10. The second-order valence-electron chi connectivity index (χ2n) is 5.40. The molecule has 1 aliphatic rings. The highest BCUT2D eigenvalue weighted by Gasteiger charge is 2.29. The zero-order valence-electron chi connectivity index (χ0n) is 11.4. The zero-order valence-corrected chi connectivity index (χ0v) is 11.4. The Balaban J connectivity index is 2.32. The van der Waals surface area contributed by atoms with Crippen molar-refractivity contribution in [3.63, 3.8) is 0 Å². The van der Waals surface area contributed by atoms with Gasteiger partial charge in [-0.2, -0.15) is 0 Å². The van der Waals surface area contributed by atoms with Crippen molar-refractivity contribution >= 4 is 5.91 Å². The van der Waals surface area contributed by atoms with Crippen LogP contribution in [0.3, 0.4) is 0 Å². The van der Waals surface area contributed by atoms with Gasteiger partial charge in [0, 0.05) is 12.5 Å². The Bertz CT molecular complexity index is 238. The van der Waals surface area contributed by atoms with Gasteiger partial charge in [0.25, 0.3) is 0 Å². The molecule has 0 aromatic carbocycles. The van der Waals surface area contributed by atoms with Crippen molar-refractivity contribution in [2.45, 2.75) is 59.0 Å². The number of nitrogens with one attached hydrogen (secondary N) is 1. The van der Waals surface area contributed by atoms with E-state index in [0.717, 1.165) is 32.1 Å². The van der Waals surface area contributed by atoms with Crippen molar-refractivity contribution in [1.29, 1.82) is 0 Å². The molecule has 1 rings (SSSR count). The van der Waals surface area contributed by atoms with Crippen LogP contribution in [0.5, 0.6) is 0 Å². The van der Waals surface area contributed by atoms with Crippen LogP contribution < -0.4 is 5.32 Å². The van der Waals surface area contributed by atoms with Crippen LogP contribution in [0.4, 0.5) is 0 Å². The molecule has 100 valence electrons. The summed E-state index contributed by atoms with van der Waals surface area (Å²) in [4.78, 5) is 11.9. The molecule has 3 atom stereocenters. The van der Waals surface area contributed by atoms with E-state index >= 15 is 0 Å². The molecule has 1 fully saturated rings. The van der Waals surface area contributed by atoms with Gasteiger partial charge in [-0.3, -0.25) is 4.79 Å². The third-order valence-electron chi connectivity index (χ3n) is 4.28. The van der Waals surface area contributed by atoms with Crippen molar-refractivity contribution in [2.24, 2.45) is 17.8 Å². The van der Waals surface area contributed by atoms with Crippen molar-refractivity contribution < 1.29 is 9.90 Å². The van der Waals surface area contributed by atoms with E-state index in [4.69, 9.17) is 0 Å². The number of aliphatic hydroxyl groups is 1. The molecular weight excluding hydrogens is 214 g/mol. The molecule has 3 nitrogen and oxygen atoms in total. The Hall–Kier alpha value is -0.570. The topological polar surface area (TPSA) is 49.3 Å². The minimum Gasteiger partial charge on any atom is -0.391 e. The summed E-state index contributed by atoms with van der Waals surface area (Å²) in [7, 11) is 0. The second kappa shape index (κ2) is 7.00. The number of carbonyl (C=O) groups is 1. The van der Waals surface area contributed by atoms with E-state index in [2.05, 4.69) is 26.1 Å². The van der Waals surface area contributed by atoms with Crippen LogP contribution in [0.2, 0.25) is 0 Å². The first kappa shape index (κ1) is 14.5. The minimum absolute atomic E-state index is 0.139. The van der Waals surface area contributed by atoms with E-state index in [-0.39, 0.29) is 11.8 Å². The lowest BCUT2D eigenvalue weighted by Gasteiger charge is -2.22. The fourth-order valence-electron chi connectivity index (χ4n) is 2.87. The summed E-state index contributed by atoms with van der Waals surface area (Å²) < 4.78 is 0. The van der Waals surface area contributed by atoms with E-state index in [1.807, 2.05) is 0 Å². The van der Waals surface area contributed by atoms with E-state index in [1.165, 1.54) is 0 Å². The van der Waals surface area contributed by atoms with Crippen LogP contribution in [0.1, 0.15) is 52.9 Å². The maximum Gasteiger partial charge on any atom is 0.223 e. The molecule has 1 saturated carbocycles. The molecule has 3 unspecified atom stereocenters. The predicted molar refractivity (Wildman–Crippen MR) is 69.6 cm³/mol. The number of hydrogen-bond acceptors (Lipinski definition) is 2. The van der Waals surface area contributed by atoms with Crippen molar-refractivity contribution in [2.75, 3.05) is 6.54 Å². The van der Waals surface area contributed by atoms with Gasteiger partial charge in [-0.15, -0.1) is 0 Å². The molecule has 0 radical (unpaired) electrons. The van der Waals surface area contributed by atoms with E-state index in [0.29, 0.717) is 18.4 Å². The lowest BCUT2D eigenvalue weighted by molar-refractivity contribution is -0.126. The molecular formula is C14H27NO2. The van der Waals surface area contributed by atoms with Crippen LogP contribution in [-0.4, -0.2) is 23.7 Å². The Kier molecular flexibility index (Phi) is 5.96. The first-order valence-corrected chi connectivity index (χ1v) is 7.05. The number of carbonyl (C=O) groups excluding carboxylic acids is 1. The summed E-state index contributed by atoms with van der Waals surface area (Å²) >= 11 is 0. The molecule has 17 heavy (non-hydrogen) atoms. The minimum atomic E-state index is -0.398. The van der Waals surface area contributed by atoms with Crippen LogP contribution in [-0.2, 0) is 4.79 Å². The lowest BCUT2D eigenvalue weighted by Crippen LogP contribution is -2.39. The van der Waals surface area contributed by atoms with E-state index in [9.17, 15) is 9.90 Å². The summed E-state index contributed by atoms with van der Waals surface area (Å²) in [5.41, 5.74) is 0. The normalized spacial score (nSPS) is 26.2. The lowest BCUT2D eigenvalue weighted by atomic mass is 9.95. The maximum absolute atomic E-state index is 11.9. The van der Waals surface area contributed by atoms with Crippen molar-refractivity contribution in [3.05, 3.63) is 0 Å². The standard InChI is InChI=1S/C14H27NO2/c1-4-11(5-2)13(16)9-15-14(17)12-8-6-7-10(12)3/h10-13,16H,4-9H2,1-3H3,(H,15,17). The fourth-order valence-corrected chi connectivity index (χ4v) is 2.87. The zero-order chi connectivity index (χ0) is 12.8. The molecule has 0 spiro atoms. The van der Waals surface area contributed by atoms with Gasteiger partial charge >= 0.3 is 0 Å². The molecule has 0 aromatic rings. The van der Waals surface area contributed by atoms with E-state index in [1.54, 1.807) is 0 Å². The van der Waals surface area contributed by atoms with Crippen molar-refractivity contribution in [1.82, 2.24) is 5.32 Å². The number of rotatable bonds is 6. The summed E-state index contributed by atoms with van der Waals surface area (Å²) in [5.74, 6) is 1.11. The molecule has 2 N–H and O–H groups in total. The van der Waals surface area contributed by atoms with Gasteiger partial charge in [-0.25, -0.2) is 0 Å². The number of hydrogen-bond donors (Lipinski definition) is 2. The van der Waals surface area contributed by atoms with Gasteiger partial charge in [-0.1, -0.05) is 40.0 Å². The quantitative estimate of drug-likeness (QED) is 0.750. The van der Waals surface area contributed by atoms with Crippen LogP contribution in [0.15, 0.2) is 0 Å². The third-order valence-corrected chi connectivity index (χ3v) is 4.28. The van der Waals surface area contributed by atoms with Gasteiger partial charge in [-0.05, 0) is 24.7 Å². The molecule has 0 aliphatic heterocycles. The van der Waals surface area contributed by atoms with Crippen LogP contribution in [0, 0.1) is 17.8 Å². The Labute approximate surface area is 105 Å². The fraction of sp³-hybridized carbons (Fsp3) is 0.929. The highest BCUT2D eigenvalue weighted by molar-refractivity contribution is 5.79. The average Bonchev–Trinajstić information content (AvgIpc) is 2.74. The summed E-state index contributed by atoms with van der Waals surface area (Å²) in [5, 5.41) is 12.9. The molecule has 0 heterocycles. The second-order valence-corrected chi connectivity index (χ2v) is 5.40. The molecule has 0 saturated heterocycles. The Morgan fingerprint density at radius 2 is 2.00 bits per heavy atom. The molecule has 0 bridgehead atoms. The monoisotopic (exact) mass is 241 g/mol. The van der Waals surface area contributed by atoms with Gasteiger partial charge in [0.05, 0.1) is 6.10 Å². The van der Waals surface area contributed by atoms with Crippen molar-refractivity contribution in [3.8, 4) is 0 Å². The van der Waals surface area contributed by atoms with Gasteiger partial charge in [0.1, 0.15) is 0 Å². The highest BCUT2D eigenvalue weighted by atomic mass is 16.3. The number of aliphatic hydroxyl groups excluding tert-OH is 1. The summed E-state index contributed by atoms with van der Waals surface area (Å²) in [6.45, 7) is 6.72. The van der Waals surface area contributed by atoms with Gasteiger partial charge < -0.3 is 10.4 Å². The summed E-state index contributed by atoms with van der Waals surface area (Å²) in [6.07, 6.45) is 4.86. The molecule has 1 amide bonds. The maximum atomic E-state index is 11.9. The van der Waals surface area contributed by atoms with Crippen LogP contribution in [0.25, 0.3) is 0 Å². The SMILES string of the molecule is CCC(CC)C(O)CNC(=O)C1CCCC1C. The Morgan fingerprint density at radius 1 is 1.35 bits per heavy atom. The molecule has 0 aromatic heterocycles. The smallest absolute Gasteiger partial charge is 0.223 e. The first-order valence-electron chi connectivity index (χ1n) is 7.05. The average molecular weight is 241 g/mol. The van der Waals surface area contributed by atoms with Gasteiger partial charge in [0.15, 0.2) is 0 Å². The third kappa shape index (κ3) is 3.98. The predicted octanol–water partition coefficient (Wildman–Crippen LogP) is 2.34. The highest BCUT2D eigenvalue weighted by Crippen LogP contribution is 2.31. The molecule has 3 heteroatoms. The number of amides is 1. The van der Waals surface area contributed by atoms with Crippen LogP contribution >= 0.6 is 0 Å². The summed E-state index contributed by atoms with van der Waals surface area (Å²) in [6, 6.07) is 0. The van der Waals surface area contributed by atoms with E-state index < -0.39 is 6.10 Å².